The Morgan fingerprint density at radius 2 is 1.59 bits per heavy atom. The maximum absolute atomic E-state index is 13.1. The summed E-state index contributed by atoms with van der Waals surface area (Å²) in [6.07, 6.45) is 3.12. The number of carbonyl (C=O) groups excluding carboxylic acids is 1. The second kappa shape index (κ2) is 14.6. The fourth-order valence-corrected chi connectivity index (χ4v) is 7.44. The number of amides is 1. The number of rotatable bonds is 14. The lowest BCUT2D eigenvalue weighted by Crippen LogP contribution is -2.41. The van der Waals surface area contributed by atoms with Crippen molar-refractivity contribution in [3.8, 4) is 5.75 Å². The van der Waals surface area contributed by atoms with E-state index in [0.717, 1.165) is 24.8 Å². The van der Waals surface area contributed by atoms with Gasteiger partial charge >= 0.3 is 0 Å². The van der Waals surface area contributed by atoms with Crippen LogP contribution in [0.15, 0.2) is 46.2 Å². The number of benzene rings is 2. The van der Waals surface area contributed by atoms with Crippen LogP contribution in [-0.4, -0.2) is 85.6 Å². The molecule has 10 nitrogen and oxygen atoms in total. The number of ether oxygens (including phenoxy) is 2. The molecule has 2 aromatic rings. The van der Waals surface area contributed by atoms with Crippen LogP contribution in [0.25, 0.3) is 0 Å². The van der Waals surface area contributed by atoms with Crippen LogP contribution in [0.5, 0.6) is 5.75 Å². The Morgan fingerprint density at radius 1 is 0.976 bits per heavy atom. The Hall–Kier alpha value is -2.51. The highest BCUT2D eigenvalue weighted by Gasteiger charge is 2.26. The van der Waals surface area contributed by atoms with Gasteiger partial charge in [0.25, 0.3) is 10.1 Å². The van der Waals surface area contributed by atoms with E-state index in [2.05, 4.69) is 0 Å². The number of nitrogens with zero attached hydrogens (tertiary/aromatic N) is 2. The smallest absolute Gasteiger partial charge is 0.296 e. The third-order valence-electron chi connectivity index (χ3n) is 7.39. The van der Waals surface area contributed by atoms with E-state index in [1.165, 1.54) is 18.5 Å². The third kappa shape index (κ3) is 8.99. The SMILES string of the molecule is COc1cc(C)c(S(=O)(=O)N(C)CCOCC(=O)N2CCC(CCCOS(=O)(=O)c3ccc(C)cc3)CC2)c(C)c1. The van der Waals surface area contributed by atoms with Gasteiger partial charge in [0, 0.05) is 26.7 Å². The van der Waals surface area contributed by atoms with Gasteiger partial charge in [0.2, 0.25) is 15.9 Å². The van der Waals surface area contributed by atoms with Gasteiger partial charge in [0.05, 0.1) is 30.1 Å². The highest BCUT2D eigenvalue weighted by molar-refractivity contribution is 7.89. The predicted octanol–water partition coefficient (Wildman–Crippen LogP) is 3.68. The van der Waals surface area contributed by atoms with E-state index in [1.54, 1.807) is 55.1 Å². The summed E-state index contributed by atoms with van der Waals surface area (Å²) in [7, 11) is -4.44. The zero-order chi connectivity index (χ0) is 30.2. The van der Waals surface area contributed by atoms with Gasteiger partial charge in [0.1, 0.15) is 12.4 Å². The molecule has 1 saturated heterocycles. The van der Waals surface area contributed by atoms with E-state index in [0.29, 0.717) is 42.3 Å². The van der Waals surface area contributed by atoms with Gasteiger partial charge in [-0.05, 0) is 87.8 Å². The fraction of sp³-hybridized carbons (Fsp3) is 0.552. The van der Waals surface area contributed by atoms with Crippen LogP contribution in [-0.2, 0) is 33.9 Å². The van der Waals surface area contributed by atoms with Crippen LogP contribution in [0, 0.1) is 26.7 Å². The average Bonchev–Trinajstić information content (AvgIpc) is 2.93. The van der Waals surface area contributed by atoms with Crippen molar-refractivity contribution in [2.24, 2.45) is 5.92 Å². The summed E-state index contributed by atoms with van der Waals surface area (Å²) < 4.78 is 68.0. The molecule has 0 saturated carbocycles. The van der Waals surface area contributed by atoms with E-state index < -0.39 is 20.1 Å². The summed E-state index contributed by atoms with van der Waals surface area (Å²) in [5, 5.41) is 0. The highest BCUT2D eigenvalue weighted by Crippen LogP contribution is 2.28. The molecule has 0 N–H and O–H groups in total. The molecule has 3 rings (SSSR count). The van der Waals surface area contributed by atoms with E-state index in [-0.39, 0.29) is 42.1 Å². The molecule has 1 fully saturated rings. The average molecular weight is 611 g/mol. The Balaban J connectivity index is 1.34. The molecule has 1 aliphatic rings. The van der Waals surface area contributed by atoms with Gasteiger partial charge < -0.3 is 14.4 Å². The monoisotopic (exact) mass is 610 g/mol. The molecule has 1 amide bonds. The van der Waals surface area contributed by atoms with Gasteiger partial charge in [-0.1, -0.05) is 17.7 Å². The zero-order valence-corrected chi connectivity index (χ0v) is 26.2. The van der Waals surface area contributed by atoms with E-state index >= 15 is 0 Å². The van der Waals surface area contributed by atoms with Crippen molar-refractivity contribution in [3.63, 3.8) is 0 Å². The molecular weight excluding hydrogens is 568 g/mol. The number of hydrogen-bond acceptors (Lipinski definition) is 8. The molecule has 0 atom stereocenters. The Bertz CT molecular complexity index is 1360. The largest absolute Gasteiger partial charge is 0.497 e. The maximum Gasteiger partial charge on any atom is 0.296 e. The molecule has 2 aromatic carbocycles. The van der Waals surface area contributed by atoms with Crippen LogP contribution in [0.2, 0.25) is 0 Å². The van der Waals surface area contributed by atoms with Crippen LogP contribution < -0.4 is 4.74 Å². The molecule has 0 spiro atoms. The van der Waals surface area contributed by atoms with Crippen molar-refractivity contribution >= 4 is 26.0 Å². The molecule has 0 bridgehead atoms. The zero-order valence-electron chi connectivity index (χ0n) is 24.6. The van der Waals surface area contributed by atoms with Crippen molar-refractivity contribution in [3.05, 3.63) is 53.1 Å². The normalized spacial score (nSPS) is 14.9. The van der Waals surface area contributed by atoms with Crippen molar-refractivity contribution < 1.29 is 35.3 Å². The predicted molar refractivity (Wildman–Crippen MR) is 156 cm³/mol. The van der Waals surface area contributed by atoms with Crippen molar-refractivity contribution in [2.75, 3.05) is 53.6 Å². The fourth-order valence-electron chi connectivity index (χ4n) is 4.94. The number of piperidine rings is 1. The first-order chi connectivity index (χ1) is 19.3. The Labute approximate surface area is 244 Å². The van der Waals surface area contributed by atoms with Crippen LogP contribution in [0.3, 0.4) is 0 Å². The van der Waals surface area contributed by atoms with E-state index in [1.807, 2.05) is 6.92 Å². The van der Waals surface area contributed by atoms with Gasteiger partial charge in [0.15, 0.2) is 0 Å². The maximum atomic E-state index is 13.1. The number of carbonyl (C=O) groups is 1. The second-order valence-corrected chi connectivity index (χ2v) is 14.1. The molecule has 1 heterocycles. The lowest BCUT2D eigenvalue weighted by Gasteiger charge is -2.32. The molecule has 0 aromatic heterocycles. The lowest BCUT2D eigenvalue weighted by atomic mass is 9.92. The summed E-state index contributed by atoms with van der Waals surface area (Å²) in [5.41, 5.74) is 2.19. The first kappa shape index (κ1) is 33.0. The number of likely N-dealkylation sites (tertiary alicyclic amines) is 1. The minimum Gasteiger partial charge on any atom is -0.497 e. The Morgan fingerprint density at radius 3 is 2.17 bits per heavy atom. The number of methoxy groups -OCH3 is 1. The quantitative estimate of drug-likeness (QED) is 0.235. The summed E-state index contributed by atoms with van der Waals surface area (Å²) in [4.78, 5) is 14.8. The van der Waals surface area contributed by atoms with Gasteiger partial charge in [-0.3, -0.25) is 8.98 Å². The van der Waals surface area contributed by atoms with Crippen LogP contribution in [0.1, 0.15) is 42.4 Å². The number of aryl methyl sites for hydroxylation is 3. The van der Waals surface area contributed by atoms with E-state index in [9.17, 15) is 21.6 Å². The molecular formula is C29H42N2O8S2. The first-order valence-corrected chi connectivity index (χ1v) is 16.6. The standard InChI is InChI=1S/C29H42N2O8S2/c1-22-8-10-27(11-9-22)41(35,36)39-17-6-7-25-12-14-31(15-13-25)28(32)21-38-18-16-30(4)40(33,34)29-23(2)19-26(37-5)20-24(29)3/h8-11,19-20,25H,6-7,12-18,21H2,1-5H3. The number of likely N-dealkylation sites (N-methyl/N-ethyl adjacent to an activating group) is 1. The summed E-state index contributed by atoms with van der Waals surface area (Å²) in [6, 6.07) is 9.96. The van der Waals surface area contributed by atoms with Crippen LogP contribution >= 0.6 is 0 Å². The minimum atomic E-state index is -3.75. The minimum absolute atomic E-state index is 0.0949. The van der Waals surface area contributed by atoms with E-state index in [4.69, 9.17) is 13.7 Å². The topological polar surface area (TPSA) is 120 Å². The van der Waals surface area contributed by atoms with Crippen molar-refractivity contribution in [2.45, 2.75) is 56.2 Å². The van der Waals surface area contributed by atoms with Crippen molar-refractivity contribution in [1.29, 1.82) is 0 Å². The van der Waals surface area contributed by atoms with Gasteiger partial charge in [-0.15, -0.1) is 0 Å². The van der Waals surface area contributed by atoms with Crippen molar-refractivity contribution in [1.82, 2.24) is 9.21 Å². The molecule has 41 heavy (non-hydrogen) atoms. The second-order valence-electron chi connectivity index (χ2n) is 10.5. The number of sulfonamides is 1. The molecule has 0 radical (unpaired) electrons. The van der Waals surface area contributed by atoms with Gasteiger partial charge in [-0.2, -0.15) is 12.7 Å². The van der Waals surface area contributed by atoms with Gasteiger partial charge in [-0.25, -0.2) is 8.42 Å². The van der Waals surface area contributed by atoms with Crippen LogP contribution in [0.4, 0.5) is 0 Å². The molecule has 0 aliphatic carbocycles. The summed E-state index contributed by atoms with van der Waals surface area (Å²) in [6.45, 7) is 6.82. The Kier molecular flexibility index (Phi) is 11.7. The molecule has 1 aliphatic heterocycles. The summed E-state index contributed by atoms with van der Waals surface area (Å²) >= 11 is 0. The third-order valence-corrected chi connectivity index (χ3v) is 10.9. The first-order valence-electron chi connectivity index (χ1n) is 13.8. The summed E-state index contributed by atoms with van der Waals surface area (Å²) in [5.74, 6) is 0.878. The molecule has 12 heteroatoms. The highest BCUT2D eigenvalue weighted by atomic mass is 32.2. The number of hydrogen-bond donors (Lipinski definition) is 0. The lowest BCUT2D eigenvalue weighted by molar-refractivity contribution is -0.137. The molecule has 228 valence electrons. The molecule has 0 unspecified atom stereocenters.